The molecule has 1 fully saturated rings. The predicted molar refractivity (Wildman–Crippen MR) is 114 cm³/mol. The summed E-state index contributed by atoms with van der Waals surface area (Å²) in [4.78, 5) is 44.6. The number of hydrogen-bond acceptors (Lipinski definition) is 7. The Morgan fingerprint density at radius 3 is 2.50 bits per heavy atom. The maximum absolute atomic E-state index is 12.9. The largest absolute Gasteiger partial charge is 0.455 e. The highest BCUT2D eigenvalue weighted by Gasteiger charge is 2.54. The molecule has 1 aromatic rings. The van der Waals surface area contributed by atoms with Gasteiger partial charge in [0.2, 0.25) is 0 Å². The lowest BCUT2D eigenvalue weighted by Crippen LogP contribution is -2.71. The monoisotopic (exact) mass is 431 g/mol. The maximum atomic E-state index is 12.9. The zero-order valence-corrected chi connectivity index (χ0v) is 18.4. The molecule has 9 heteroatoms. The summed E-state index contributed by atoms with van der Waals surface area (Å²) in [6.07, 6.45) is 0. The third-order valence-electron chi connectivity index (χ3n) is 4.48. The molecule has 0 aromatic heterocycles. The van der Waals surface area contributed by atoms with E-state index >= 15 is 0 Å². The Hall–Kier alpha value is -2.81. The number of nitrogens with one attached hydrogen (secondary N) is 1. The van der Waals surface area contributed by atoms with Crippen LogP contribution in [0.2, 0.25) is 0 Å². The van der Waals surface area contributed by atoms with Gasteiger partial charge < -0.3 is 14.9 Å². The Labute approximate surface area is 179 Å². The number of ether oxygens (including phenoxy) is 1. The fraction of sp³-hybridized carbons (Fsp3) is 0.429. The van der Waals surface area contributed by atoms with E-state index in [1.807, 2.05) is 6.07 Å². The lowest BCUT2D eigenvalue weighted by atomic mass is 10.0. The Morgan fingerprint density at radius 1 is 1.23 bits per heavy atom. The zero-order chi connectivity index (χ0) is 22.1. The van der Waals surface area contributed by atoms with Gasteiger partial charge in [-0.25, -0.2) is 4.79 Å². The summed E-state index contributed by atoms with van der Waals surface area (Å²) in [5.74, 6) is -0.848. The molecule has 0 spiro atoms. The van der Waals surface area contributed by atoms with Crippen molar-refractivity contribution in [2.24, 2.45) is 5.16 Å². The van der Waals surface area contributed by atoms with Crippen LogP contribution in [0.3, 0.4) is 0 Å². The quantitative estimate of drug-likeness (QED) is 0.332. The van der Waals surface area contributed by atoms with Crippen LogP contribution in [-0.4, -0.2) is 58.3 Å². The molecule has 160 valence electrons. The van der Waals surface area contributed by atoms with Crippen molar-refractivity contribution in [1.29, 1.82) is 0 Å². The van der Waals surface area contributed by atoms with E-state index in [4.69, 9.17) is 9.57 Å². The average Bonchev–Trinajstić information content (AvgIpc) is 2.69. The average molecular weight is 432 g/mol. The van der Waals surface area contributed by atoms with E-state index in [1.165, 1.54) is 23.8 Å². The van der Waals surface area contributed by atoms with Crippen molar-refractivity contribution in [3.05, 3.63) is 47.2 Å². The molecule has 1 N–H and O–H groups in total. The van der Waals surface area contributed by atoms with Crippen LogP contribution < -0.4 is 5.32 Å². The highest BCUT2D eigenvalue weighted by molar-refractivity contribution is 8.00. The van der Waals surface area contributed by atoms with Crippen molar-refractivity contribution in [2.75, 3.05) is 12.9 Å². The summed E-state index contributed by atoms with van der Waals surface area (Å²) in [6.45, 7) is 7.13. The number of β-lactam (4-membered cyclic amide) rings is 1. The fourth-order valence-corrected chi connectivity index (χ4v) is 4.50. The smallest absolute Gasteiger partial charge is 0.355 e. The van der Waals surface area contributed by atoms with Crippen LogP contribution in [0.15, 0.2) is 46.8 Å². The van der Waals surface area contributed by atoms with Crippen molar-refractivity contribution in [2.45, 2.75) is 44.7 Å². The minimum atomic E-state index is -0.765. The normalized spacial score (nSPS) is 21.6. The molecule has 2 amide bonds. The number of esters is 1. The highest BCUT2D eigenvalue weighted by atomic mass is 32.2. The molecule has 0 saturated carbocycles. The third-order valence-corrected chi connectivity index (χ3v) is 5.91. The van der Waals surface area contributed by atoms with Gasteiger partial charge in [0.15, 0.2) is 5.71 Å². The number of amides is 2. The first kappa shape index (κ1) is 21.9. The van der Waals surface area contributed by atoms with Crippen LogP contribution in [0.1, 0.15) is 33.3 Å². The number of hydrogen-bond donors (Lipinski definition) is 1. The van der Waals surface area contributed by atoms with Crippen LogP contribution in [0, 0.1) is 0 Å². The minimum Gasteiger partial charge on any atom is -0.455 e. The molecule has 2 atom stereocenters. The summed E-state index contributed by atoms with van der Waals surface area (Å²) < 4.78 is 5.47. The third kappa shape index (κ3) is 4.35. The first-order chi connectivity index (χ1) is 14.1. The van der Waals surface area contributed by atoms with Crippen molar-refractivity contribution < 1.29 is 24.0 Å². The minimum absolute atomic E-state index is 0.0734. The Balaban J connectivity index is 1.77. The van der Waals surface area contributed by atoms with E-state index < -0.39 is 23.5 Å². The maximum Gasteiger partial charge on any atom is 0.355 e. The molecule has 0 radical (unpaired) electrons. The number of rotatable bonds is 5. The molecule has 8 nitrogen and oxygen atoms in total. The number of carbonyl (C=O) groups is 3. The molecular formula is C21H25N3O5S. The second kappa shape index (κ2) is 8.51. The number of thioether (sulfide) groups is 1. The zero-order valence-electron chi connectivity index (χ0n) is 17.6. The van der Waals surface area contributed by atoms with Crippen LogP contribution in [0.4, 0.5) is 0 Å². The van der Waals surface area contributed by atoms with E-state index in [2.05, 4.69) is 10.5 Å². The van der Waals surface area contributed by atoms with E-state index in [9.17, 15) is 14.4 Å². The van der Waals surface area contributed by atoms with Crippen molar-refractivity contribution in [1.82, 2.24) is 10.2 Å². The molecule has 2 aliphatic rings. The second-order valence-electron chi connectivity index (χ2n) is 7.98. The van der Waals surface area contributed by atoms with Gasteiger partial charge in [-0.05, 0) is 33.3 Å². The predicted octanol–water partition coefficient (Wildman–Crippen LogP) is 2.05. The van der Waals surface area contributed by atoms with Crippen molar-refractivity contribution in [3.8, 4) is 0 Å². The van der Waals surface area contributed by atoms with Gasteiger partial charge in [0.1, 0.15) is 29.8 Å². The second-order valence-corrected chi connectivity index (χ2v) is 9.09. The fourth-order valence-electron chi connectivity index (χ4n) is 3.21. The van der Waals surface area contributed by atoms with Gasteiger partial charge in [-0.15, -0.1) is 11.8 Å². The van der Waals surface area contributed by atoms with Gasteiger partial charge in [-0.2, -0.15) is 0 Å². The molecule has 2 heterocycles. The summed E-state index contributed by atoms with van der Waals surface area (Å²) >= 11 is 1.49. The molecule has 1 saturated heterocycles. The standard InChI is InChI=1S/C21H25N3O5S/c1-12-11-30-19-15(18(26)24(19)16(12)20(27)29-21(2,3)4)22-17(25)14(23-28-5)13-9-7-6-8-10-13/h6-10,15,19H,11H2,1-5H3,(H,22,25)/t15-,19-/m1/s1. The van der Waals surface area contributed by atoms with E-state index in [0.29, 0.717) is 11.3 Å². The number of nitrogens with zero attached hydrogens (tertiary/aromatic N) is 2. The Morgan fingerprint density at radius 2 is 1.90 bits per heavy atom. The molecule has 0 bridgehead atoms. The molecule has 30 heavy (non-hydrogen) atoms. The summed E-state index contributed by atoms with van der Waals surface area (Å²) in [7, 11) is 1.35. The van der Waals surface area contributed by atoms with Crippen LogP contribution >= 0.6 is 11.8 Å². The molecule has 3 rings (SSSR count). The highest BCUT2D eigenvalue weighted by Crippen LogP contribution is 2.40. The summed E-state index contributed by atoms with van der Waals surface area (Å²) in [6, 6.07) is 8.08. The Bertz CT molecular complexity index is 920. The lowest BCUT2D eigenvalue weighted by molar-refractivity contribution is -0.158. The first-order valence-electron chi connectivity index (χ1n) is 9.49. The lowest BCUT2D eigenvalue weighted by Gasteiger charge is -2.49. The summed E-state index contributed by atoms with van der Waals surface area (Å²) in [5, 5.41) is 6.17. The van der Waals surface area contributed by atoms with Crippen LogP contribution in [0.25, 0.3) is 0 Å². The molecule has 0 aliphatic carbocycles. The molecule has 0 unspecified atom stereocenters. The molecule has 1 aromatic carbocycles. The Kier molecular flexibility index (Phi) is 6.21. The van der Waals surface area contributed by atoms with E-state index in [-0.39, 0.29) is 22.7 Å². The number of fused-ring (bicyclic) bond motifs is 1. The van der Waals surface area contributed by atoms with Crippen LogP contribution in [0.5, 0.6) is 0 Å². The molecule has 2 aliphatic heterocycles. The van der Waals surface area contributed by atoms with Gasteiger partial charge in [-0.3, -0.25) is 14.5 Å². The van der Waals surface area contributed by atoms with Crippen molar-refractivity contribution >= 4 is 35.3 Å². The van der Waals surface area contributed by atoms with Gasteiger partial charge in [0, 0.05) is 11.3 Å². The number of benzene rings is 1. The van der Waals surface area contributed by atoms with Gasteiger partial charge in [0.25, 0.3) is 11.8 Å². The van der Waals surface area contributed by atoms with E-state index in [1.54, 1.807) is 52.0 Å². The molecular weight excluding hydrogens is 406 g/mol. The number of carbonyl (C=O) groups excluding carboxylic acids is 3. The van der Waals surface area contributed by atoms with Gasteiger partial charge in [-0.1, -0.05) is 35.5 Å². The van der Waals surface area contributed by atoms with Crippen molar-refractivity contribution in [3.63, 3.8) is 0 Å². The van der Waals surface area contributed by atoms with E-state index in [0.717, 1.165) is 5.57 Å². The topological polar surface area (TPSA) is 97.3 Å². The van der Waals surface area contributed by atoms with Gasteiger partial charge >= 0.3 is 5.97 Å². The number of oxime groups is 1. The van der Waals surface area contributed by atoms with Gasteiger partial charge in [0.05, 0.1) is 0 Å². The SMILES string of the molecule is CON=C(C(=O)N[C@@H]1C(=O)N2C(C(=O)OC(C)(C)C)=C(C)CS[C@H]12)c1ccccc1. The van der Waals surface area contributed by atoms with Crippen LogP contribution in [-0.2, 0) is 24.0 Å². The first-order valence-corrected chi connectivity index (χ1v) is 10.5. The summed E-state index contributed by atoms with van der Waals surface area (Å²) in [5.41, 5.74) is 1.01.